The third-order valence-corrected chi connectivity index (χ3v) is 2.74. The minimum absolute atomic E-state index is 0.301. The highest BCUT2D eigenvalue weighted by molar-refractivity contribution is 5.88. The first-order valence-corrected chi connectivity index (χ1v) is 5.77. The van der Waals surface area contributed by atoms with Crippen molar-refractivity contribution in [3.63, 3.8) is 0 Å². The van der Waals surface area contributed by atoms with Crippen LogP contribution in [0.2, 0.25) is 0 Å². The fraction of sp³-hybridized carbons (Fsp3) is 0.818. The molecule has 92 valence electrons. The molecule has 1 saturated heterocycles. The van der Waals surface area contributed by atoms with Gasteiger partial charge < -0.3 is 9.84 Å². The Morgan fingerprint density at radius 2 is 2.25 bits per heavy atom. The molecule has 16 heavy (non-hydrogen) atoms. The SMILES string of the molecule is CCCCOC(=O)N1CCCC1C(=O)CO. The van der Waals surface area contributed by atoms with Crippen LogP contribution in [0, 0.1) is 0 Å². The molecule has 5 nitrogen and oxygen atoms in total. The lowest BCUT2D eigenvalue weighted by Crippen LogP contribution is -2.42. The molecule has 0 aromatic rings. The molecule has 0 bridgehead atoms. The standard InChI is InChI=1S/C11H19NO4/c1-2-3-7-16-11(15)12-6-4-5-9(12)10(14)8-13/h9,13H,2-8H2,1H3. The molecule has 5 heteroatoms. The lowest BCUT2D eigenvalue weighted by atomic mass is 10.1. The van der Waals surface area contributed by atoms with Gasteiger partial charge in [0.2, 0.25) is 0 Å². The highest BCUT2D eigenvalue weighted by Crippen LogP contribution is 2.19. The van der Waals surface area contributed by atoms with E-state index in [2.05, 4.69) is 0 Å². The number of hydrogen-bond donors (Lipinski definition) is 1. The highest BCUT2D eigenvalue weighted by Gasteiger charge is 2.34. The van der Waals surface area contributed by atoms with E-state index in [-0.39, 0.29) is 5.78 Å². The van der Waals surface area contributed by atoms with Crippen LogP contribution in [0.1, 0.15) is 32.6 Å². The molecular weight excluding hydrogens is 210 g/mol. The van der Waals surface area contributed by atoms with Crippen LogP contribution in [-0.2, 0) is 9.53 Å². The van der Waals surface area contributed by atoms with Crippen LogP contribution in [0.25, 0.3) is 0 Å². The average molecular weight is 229 g/mol. The molecule has 1 aliphatic heterocycles. The second kappa shape index (κ2) is 6.48. The van der Waals surface area contributed by atoms with Crippen molar-refractivity contribution >= 4 is 11.9 Å². The van der Waals surface area contributed by atoms with E-state index in [1.165, 1.54) is 4.90 Å². The molecule has 0 saturated carbocycles. The fourth-order valence-corrected chi connectivity index (χ4v) is 1.81. The minimum atomic E-state index is -0.511. The Bertz CT molecular complexity index is 254. The van der Waals surface area contributed by atoms with Crippen molar-refractivity contribution in [3.8, 4) is 0 Å². The Morgan fingerprint density at radius 3 is 2.88 bits per heavy atom. The van der Waals surface area contributed by atoms with Gasteiger partial charge in [0.05, 0.1) is 12.6 Å². The first-order valence-electron chi connectivity index (χ1n) is 5.77. The molecule has 1 heterocycles. The molecule has 0 spiro atoms. The van der Waals surface area contributed by atoms with Crippen LogP contribution >= 0.6 is 0 Å². The van der Waals surface area contributed by atoms with E-state index in [9.17, 15) is 9.59 Å². The van der Waals surface area contributed by atoms with E-state index in [4.69, 9.17) is 9.84 Å². The van der Waals surface area contributed by atoms with Gasteiger partial charge in [-0.15, -0.1) is 0 Å². The summed E-state index contributed by atoms with van der Waals surface area (Å²) < 4.78 is 5.04. The molecule has 0 aliphatic carbocycles. The van der Waals surface area contributed by atoms with E-state index in [0.29, 0.717) is 19.6 Å². The number of aliphatic hydroxyl groups is 1. The zero-order valence-corrected chi connectivity index (χ0v) is 9.65. The molecule has 1 unspecified atom stereocenters. The number of ketones is 1. The molecule has 1 rings (SSSR count). The summed E-state index contributed by atoms with van der Waals surface area (Å²) >= 11 is 0. The highest BCUT2D eigenvalue weighted by atomic mass is 16.6. The molecule has 1 atom stereocenters. The predicted octanol–water partition coefficient (Wildman–Crippen LogP) is 0.949. The summed E-state index contributed by atoms with van der Waals surface area (Å²) in [6.07, 6.45) is 2.78. The van der Waals surface area contributed by atoms with E-state index in [1.807, 2.05) is 6.92 Å². The van der Waals surface area contributed by atoms with Crippen molar-refractivity contribution in [1.29, 1.82) is 0 Å². The number of unbranched alkanes of at least 4 members (excludes halogenated alkanes) is 1. The molecule has 1 N–H and O–H groups in total. The number of rotatable bonds is 5. The van der Waals surface area contributed by atoms with Gasteiger partial charge in [0, 0.05) is 6.54 Å². The smallest absolute Gasteiger partial charge is 0.410 e. The molecule has 1 amide bonds. The van der Waals surface area contributed by atoms with Crippen LogP contribution in [0.15, 0.2) is 0 Å². The Hall–Kier alpha value is -1.10. The predicted molar refractivity (Wildman–Crippen MR) is 58.1 cm³/mol. The van der Waals surface area contributed by atoms with Crippen LogP contribution in [0.5, 0.6) is 0 Å². The van der Waals surface area contributed by atoms with Crippen LogP contribution in [0.3, 0.4) is 0 Å². The Morgan fingerprint density at radius 1 is 1.50 bits per heavy atom. The molecular formula is C11H19NO4. The zero-order valence-electron chi connectivity index (χ0n) is 9.65. The van der Waals surface area contributed by atoms with Gasteiger partial charge >= 0.3 is 6.09 Å². The van der Waals surface area contributed by atoms with Gasteiger partial charge in [-0.25, -0.2) is 4.79 Å². The second-order valence-electron chi connectivity index (χ2n) is 3.94. The van der Waals surface area contributed by atoms with Gasteiger partial charge in [-0.1, -0.05) is 13.3 Å². The Balaban J connectivity index is 2.44. The number of carbonyl (C=O) groups excluding carboxylic acids is 2. The van der Waals surface area contributed by atoms with E-state index < -0.39 is 18.7 Å². The van der Waals surface area contributed by atoms with Crippen molar-refractivity contribution in [3.05, 3.63) is 0 Å². The lowest BCUT2D eigenvalue weighted by molar-refractivity contribution is -0.125. The Labute approximate surface area is 95.4 Å². The monoisotopic (exact) mass is 229 g/mol. The average Bonchev–Trinajstić information content (AvgIpc) is 2.77. The van der Waals surface area contributed by atoms with E-state index >= 15 is 0 Å². The molecule has 1 fully saturated rings. The minimum Gasteiger partial charge on any atom is -0.449 e. The maximum atomic E-state index is 11.6. The van der Waals surface area contributed by atoms with Crippen molar-refractivity contribution in [1.82, 2.24) is 4.90 Å². The zero-order chi connectivity index (χ0) is 12.0. The number of Topliss-reactive ketones (excluding diaryl/α,β-unsaturated/α-hetero) is 1. The van der Waals surface area contributed by atoms with Crippen molar-refractivity contribution < 1.29 is 19.4 Å². The number of amides is 1. The first kappa shape index (κ1) is 13.0. The summed E-state index contributed by atoms with van der Waals surface area (Å²) in [5, 5.41) is 8.78. The summed E-state index contributed by atoms with van der Waals surface area (Å²) in [6.45, 7) is 2.44. The first-order chi connectivity index (χ1) is 7.70. The Kier molecular flexibility index (Phi) is 5.25. The number of aliphatic hydroxyl groups excluding tert-OH is 1. The molecule has 1 aliphatic rings. The van der Waals surface area contributed by atoms with Crippen molar-refractivity contribution in [2.45, 2.75) is 38.6 Å². The normalized spacial score (nSPS) is 19.9. The van der Waals surface area contributed by atoms with Crippen LogP contribution in [0.4, 0.5) is 4.79 Å². The summed E-state index contributed by atoms with van der Waals surface area (Å²) in [6, 6.07) is -0.487. The lowest BCUT2D eigenvalue weighted by Gasteiger charge is -2.22. The number of nitrogens with zero attached hydrogens (tertiary/aromatic N) is 1. The topological polar surface area (TPSA) is 66.8 Å². The van der Waals surface area contributed by atoms with Crippen molar-refractivity contribution in [2.24, 2.45) is 0 Å². The maximum Gasteiger partial charge on any atom is 0.410 e. The van der Waals surface area contributed by atoms with Crippen molar-refractivity contribution in [2.75, 3.05) is 19.8 Å². The van der Waals surface area contributed by atoms with E-state index in [1.54, 1.807) is 0 Å². The summed E-state index contributed by atoms with van der Waals surface area (Å²) in [4.78, 5) is 24.4. The molecule has 0 aromatic heterocycles. The number of ether oxygens (including phenoxy) is 1. The number of carbonyl (C=O) groups is 2. The second-order valence-corrected chi connectivity index (χ2v) is 3.94. The van der Waals surface area contributed by atoms with Gasteiger partial charge in [-0.3, -0.25) is 9.69 Å². The summed E-state index contributed by atoms with van der Waals surface area (Å²) in [5.74, 6) is -0.301. The maximum absolute atomic E-state index is 11.6. The van der Waals surface area contributed by atoms with E-state index in [0.717, 1.165) is 19.3 Å². The van der Waals surface area contributed by atoms with Crippen LogP contribution in [-0.4, -0.2) is 47.7 Å². The molecule has 0 aromatic carbocycles. The van der Waals surface area contributed by atoms with Gasteiger partial charge in [0.25, 0.3) is 0 Å². The number of likely N-dealkylation sites (tertiary alicyclic amines) is 1. The summed E-state index contributed by atoms with van der Waals surface area (Å²) in [7, 11) is 0. The quantitative estimate of drug-likeness (QED) is 0.713. The van der Waals surface area contributed by atoms with Gasteiger partial charge in [0.15, 0.2) is 5.78 Å². The third kappa shape index (κ3) is 3.20. The van der Waals surface area contributed by atoms with Gasteiger partial charge in [-0.2, -0.15) is 0 Å². The third-order valence-electron chi connectivity index (χ3n) is 2.74. The summed E-state index contributed by atoms with van der Waals surface area (Å²) in [5.41, 5.74) is 0. The van der Waals surface area contributed by atoms with Gasteiger partial charge in [-0.05, 0) is 19.3 Å². The fourth-order valence-electron chi connectivity index (χ4n) is 1.81. The largest absolute Gasteiger partial charge is 0.449 e. The molecule has 0 radical (unpaired) electrons. The number of hydrogen-bond acceptors (Lipinski definition) is 4. The van der Waals surface area contributed by atoms with Gasteiger partial charge in [0.1, 0.15) is 6.61 Å². The van der Waals surface area contributed by atoms with Crippen LogP contribution < -0.4 is 0 Å².